The predicted octanol–water partition coefficient (Wildman–Crippen LogP) is 4.35. The lowest BCUT2D eigenvalue weighted by Gasteiger charge is -2.40. The van der Waals surface area contributed by atoms with Gasteiger partial charge in [0.2, 0.25) is 0 Å². The first kappa shape index (κ1) is 22.9. The quantitative estimate of drug-likeness (QED) is 0.679. The molecule has 2 bridgehead atoms. The normalized spacial score (nSPS) is 23.3. The Morgan fingerprint density at radius 1 is 1.06 bits per heavy atom. The second-order valence-electron chi connectivity index (χ2n) is 9.04. The molecular weight excluding hydrogens is 471 g/mol. The molecule has 2 heterocycles. The summed E-state index contributed by atoms with van der Waals surface area (Å²) in [6, 6.07) is 5.62. The molecule has 34 heavy (non-hydrogen) atoms. The van der Waals surface area contributed by atoms with E-state index in [-0.39, 0.29) is 48.1 Å². The molecule has 4 aliphatic rings. The fraction of sp³-hybridized carbons (Fsp3) is 0.478. The number of nitrogens with zero attached hydrogens (tertiary/aromatic N) is 2. The Balaban J connectivity index is 1.47. The Morgan fingerprint density at radius 2 is 1.71 bits per heavy atom. The van der Waals surface area contributed by atoms with Crippen molar-refractivity contribution in [3.8, 4) is 5.75 Å². The zero-order chi connectivity index (χ0) is 24.1. The third-order valence-corrected chi connectivity index (χ3v) is 8.49. The number of carbonyl (C=O) groups excluding carboxylic acids is 1. The van der Waals surface area contributed by atoms with Crippen LogP contribution >= 0.6 is 0 Å². The van der Waals surface area contributed by atoms with Crippen LogP contribution < -0.4 is 10.1 Å². The molecule has 182 valence electrons. The zero-order valence-corrected chi connectivity index (χ0v) is 19.1. The molecule has 11 heteroatoms. The van der Waals surface area contributed by atoms with Crippen molar-refractivity contribution in [2.24, 2.45) is 0 Å². The molecule has 6 rings (SSSR count). The van der Waals surface area contributed by atoms with E-state index in [1.54, 1.807) is 17.2 Å². The number of hydrogen-bond donors (Lipinski definition) is 1. The monoisotopic (exact) mass is 495 g/mol. The van der Waals surface area contributed by atoms with Gasteiger partial charge in [-0.15, -0.1) is 13.2 Å². The van der Waals surface area contributed by atoms with Crippen molar-refractivity contribution in [3.63, 3.8) is 0 Å². The molecule has 3 aliphatic carbocycles. The minimum absolute atomic E-state index is 0.0526. The number of amides is 1. The van der Waals surface area contributed by atoms with E-state index in [0.717, 1.165) is 36.8 Å². The van der Waals surface area contributed by atoms with Crippen LogP contribution in [0.15, 0.2) is 30.5 Å². The minimum atomic E-state index is -4.78. The molecular formula is C23H24F3N3O4S. The third-order valence-electron chi connectivity index (χ3n) is 6.88. The number of carbonyl (C=O) groups is 1. The van der Waals surface area contributed by atoms with E-state index in [0.29, 0.717) is 17.1 Å². The number of sulfone groups is 1. The number of halogens is 3. The Hall–Kier alpha value is -2.82. The van der Waals surface area contributed by atoms with Gasteiger partial charge in [0.15, 0.2) is 9.84 Å². The standard InChI is InChI=1S/C23H24F3N3O4S/c24-23(25,26)33-17-3-1-2-16(12-17)28-18-13-27-21(20-15-6-4-14(5-7-15)19(18)20)22(30)29-8-10-34(31,32)11-9-29/h1-3,12-15,28H,4-11H2. The smallest absolute Gasteiger partial charge is 0.406 e. The van der Waals surface area contributed by atoms with Crippen LogP contribution in [-0.2, 0) is 9.84 Å². The van der Waals surface area contributed by atoms with Crippen molar-refractivity contribution in [2.45, 2.75) is 43.9 Å². The van der Waals surface area contributed by atoms with Crippen LogP contribution in [0.25, 0.3) is 0 Å². The average Bonchev–Trinajstić information content (AvgIpc) is 2.79. The molecule has 1 amide bonds. The molecule has 1 aliphatic heterocycles. The van der Waals surface area contributed by atoms with Crippen molar-refractivity contribution in [3.05, 3.63) is 47.3 Å². The summed E-state index contributed by atoms with van der Waals surface area (Å²) in [4.78, 5) is 19.4. The maximum atomic E-state index is 13.3. The van der Waals surface area contributed by atoms with E-state index in [4.69, 9.17) is 0 Å². The first-order valence-electron chi connectivity index (χ1n) is 11.2. The van der Waals surface area contributed by atoms with Crippen molar-refractivity contribution >= 4 is 27.1 Å². The molecule has 1 saturated carbocycles. The summed E-state index contributed by atoms with van der Waals surface area (Å²) in [5.41, 5.74) is 3.35. The molecule has 1 saturated heterocycles. The van der Waals surface area contributed by atoms with Gasteiger partial charge in [-0.3, -0.25) is 4.79 Å². The van der Waals surface area contributed by atoms with Gasteiger partial charge in [-0.1, -0.05) is 6.07 Å². The molecule has 0 spiro atoms. The van der Waals surface area contributed by atoms with Crippen LogP contribution in [0.5, 0.6) is 5.75 Å². The van der Waals surface area contributed by atoms with Crippen molar-refractivity contribution in [1.29, 1.82) is 0 Å². The van der Waals surface area contributed by atoms with Gasteiger partial charge < -0.3 is 15.0 Å². The first-order valence-corrected chi connectivity index (χ1v) is 13.1. The van der Waals surface area contributed by atoms with Crippen LogP contribution in [-0.4, -0.2) is 55.2 Å². The van der Waals surface area contributed by atoms with Gasteiger partial charge in [0, 0.05) is 24.8 Å². The maximum absolute atomic E-state index is 13.3. The second kappa shape index (κ2) is 8.44. The number of pyridine rings is 1. The summed E-state index contributed by atoms with van der Waals surface area (Å²) >= 11 is 0. The number of benzene rings is 1. The SMILES string of the molecule is O=C(c1ncc(Nc2cccc(OC(F)(F)F)c2)c2c1C1CCC2CC1)N1CCS(=O)(=O)CC1. The van der Waals surface area contributed by atoms with E-state index < -0.39 is 16.2 Å². The Kier molecular flexibility index (Phi) is 5.70. The third kappa shape index (κ3) is 4.57. The molecule has 0 unspecified atom stereocenters. The predicted molar refractivity (Wildman–Crippen MR) is 119 cm³/mol. The number of nitrogens with one attached hydrogen (secondary N) is 1. The topological polar surface area (TPSA) is 88.6 Å². The van der Waals surface area contributed by atoms with E-state index in [1.807, 2.05) is 0 Å². The van der Waals surface area contributed by atoms with Gasteiger partial charge in [-0.2, -0.15) is 0 Å². The van der Waals surface area contributed by atoms with Crippen LogP contribution in [0, 0.1) is 0 Å². The van der Waals surface area contributed by atoms with Crippen LogP contribution in [0.3, 0.4) is 0 Å². The van der Waals surface area contributed by atoms with Crippen LogP contribution in [0.2, 0.25) is 0 Å². The van der Waals surface area contributed by atoms with E-state index in [1.165, 1.54) is 18.2 Å². The molecule has 2 fully saturated rings. The van der Waals surface area contributed by atoms with Crippen LogP contribution in [0.1, 0.15) is 59.1 Å². The van der Waals surface area contributed by atoms with Crippen molar-refractivity contribution in [1.82, 2.24) is 9.88 Å². The number of ether oxygens (including phenoxy) is 1. The minimum Gasteiger partial charge on any atom is -0.406 e. The second-order valence-corrected chi connectivity index (χ2v) is 11.3. The highest BCUT2D eigenvalue weighted by Crippen LogP contribution is 2.53. The highest BCUT2D eigenvalue weighted by Gasteiger charge is 2.40. The molecule has 2 aromatic rings. The van der Waals surface area contributed by atoms with Crippen molar-refractivity contribution in [2.75, 3.05) is 29.9 Å². The molecule has 1 N–H and O–H groups in total. The molecule has 7 nitrogen and oxygen atoms in total. The van der Waals surface area contributed by atoms with Crippen LogP contribution in [0.4, 0.5) is 24.5 Å². The lowest BCUT2D eigenvalue weighted by Crippen LogP contribution is -2.44. The summed E-state index contributed by atoms with van der Waals surface area (Å²) in [6.45, 7) is 0.301. The number of fused-ring (bicyclic) bond motifs is 2. The van der Waals surface area contributed by atoms with E-state index in [2.05, 4.69) is 15.0 Å². The summed E-state index contributed by atoms with van der Waals surface area (Å²) < 4.78 is 65.4. The summed E-state index contributed by atoms with van der Waals surface area (Å²) in [7, 11) is -3.12. The van der Waals surface area contributed by atoms with E-state index in [9.17, 15) is 26.4 Å². The number of rotatable bonds is 4. The highest BCUT2D eigenvalue weighted by molar-refractivity contribution is 7.91. The first-order chi connectivity index (χ1) is 16.1. The summed E-state index contributed by atoms with van der Waals surface area (Å²) in [5, 5.41) is 3.19. The van der Waals surface area contributed by atoms with Gasteiger partial charge in [-0.05, 0) is 60.8 Å². The lowest BCUT2D eigenvalue weighted by atomic mass is 9.66. The Labute approximate surface area is 195 Å². The molecule has 0 radical (unpaired) electrons. The van der Waals surface area contributed by atoms with Gasteiger partial charge in [0.25, 0.3) is 5.91 Å². The molecule has 1 aromatic carbocycles. The average molecular weight is 496 g/mol. The fourth-order valence-corrected chi connectivity index (χ4v) is 6.53. The molecule has 0 atom stereocenters. The van der Waals surface area contributed by atoms with E-state index >= 15 is 0 Å². The number of hydrogen-bond acceptors (Lipinski definition) is 6. The lowest BCUT2D eigenvalue weighted by molar-refractivity contribution is -0.274. The van der Waals surface area contributed by atoms with Crippen molar-refractivity contribution < 1.29 is 31.1 Å². The Morgan fingerprint density at radius 3 is 2.35 bits per heavy atom. The van der Waals surface area contributed by atoms with Gasteiger partial charge in [0.1, 0.15) is 11.4 Å². The summed E-state index contributed by atoms with van der Waals surface area (Å²) in [6.07, 6.45) is 0.629. The summed E-state index contributed by atoms with van der Waals surface area (Å²) in [5.74, 6) is -0.278. The number of aromatic nitrogens is 1. The largest absolute Gasteiger partial charge is 0.573 e. The maximum Gasteiger partial charge on any atom is 0.573 e. The highest BCUT2D eigenvalue weighted by atomic mass is 32.2. The zero-order valence-electron chi connectivity index (χ0n) is 18.3. The fourth-order valence-electron chi connectivity index (χ4n) is 5.33. The Bertz CT molecular complexity index is 1210. The van der Waals surface area contributed by atoms with Gasteiger partial charge >= 0.3 is 6.36 Å². The number of anilines is 2. The van der Waals surface area contributed by atoms with Gasteiger partial charge in [0.05, 0.1) is 23.4 Å². The molecule has 1 aromatic heterocycles. The number of alkyl halides is 3. The van der Waals surface area contributed by atoms with Gasteiger partial charge in [-0.25, -0.2) is 13.4 Å².